The second kappa shape index (κ2) is 8.21. The molecule has 0 bridgehead atoms. The first-order valence-electron chi connectivity index (χ1n) is 8.29. The topological polar surface area (TPSA) is 55.6 Å². The smallest absolute Gasteiger partial charge is 0.264 e. The summed E-state index contributed by atoms with van der Waals surface area (Å²) in [7, 11) is 1.66. The van der Waals surface area contributed by atoms with Crippen LogP contribution in [0.5, 0.6) is 5.75 Å². The molecule has 136 valence electrons. The summed E-state index contributed by atoms with van der Waals surface area (Å²) < 4.78 is 5.21. The molecule has 0 aliphatic carbocycles. The highest BCUT2D eigenvalue weighted by atomic mass is 35.5. The van der Waals surface area contributed by atoms with Gasteiger partial charge in [-0.2, -0.15) is 0 Å². The van der Waals surface area contributed by atoms with Gasteiger partial charge in [0.05, 0.1) is 12.0 Å². The first-order valence-corrected chi connectivity index (χ1v) is 9.11. The number of methoxy groups -OCH3 is 1. The zero-order valence-electron chi connectivity index (χ0n) is 14.8. The summed E-state index contributed by atoms with van der Waals surface area (Å²) in [5.74, 6) is 1.39. The minimum Gasteiger partial charge on any atom is -0.497 e. The molecule has 1 aliphatic rings. The number of thiophene rings is 1. The Kier molecular flexibility index (Phi) is 6.49. The molecule has 1 amide bonds. The largest absolute Gasteiger partial charge is 0.497 e. The van der Waals surface area contributed by atoms with Gasteiger partial charge in [-0.25, -0.2) is 0 Å². The van der Waals surface area contributed by atoms with Gasteiger partial charge in [-0.15, -0.1) is 23.7 Å². The minimum atomic E-state index is 0. The standard InChI is InChI=1S/C19H24N2O2S.ClH/c1-12-8-14(10-20)11-21(12)19(22)18-9-17(13(2)24-18)15-4-6-16(23-3)7-5-15;/h4-7,9,12,14H,8,10-11,20H2,1-3H3;1H. The Labute approximate surface area is 159 Å². The van der Waals surface area contributed by atoms with E-state index in [4.69, 9.17) is 10.5 Å². The van der Waals surface area contributed by atoms with Crippen molar-refractivity contribution in [1.29, 1.82) is 0 Å². The third kappa shape index (κ3) is 4.00. The third-order valence-electron chi connectivity index (χ3n) is 4.79. The molecule has 2 unspecified atom stereocenters. The van der Waals surface area contributed by atoms with Gasteiger partial charge in [0.15, 0.2) is 0 Å². The Morgan fingerprint density at radius 1 is 1.36 bits per heavy atom. The van der Waals surface area contributed by atoms with Crippen LogP contribution in [-0.4, -0.2) is 37.0 Å². The van der Waals surface area contributed by atoms with E-state index in [9.17, 15) is 4.79 Å². The van der Waals surface area contributed by atoms with Crippen molar-refractivity contribution in [3.8, 4) is 16.9 Å². The number of amides is 1. The molecule has 1 aromatic carbocycles. The van der Waals surface area contributed by atoms with Gasteiger partial charge in [0.1, 0.15) is 5.75 Å². The maximum atomic E-state index is 12.9. The van der Waals surface area contributed by atoms with Gasteiger partial charge >= 0.3 is 0 Å². The van der Waals surface area contributed by atoms with E-state index in [1.165, 1.54) is 0 Å². The molecule has 2 N–H and O–H groups in total. The third-order valence-corrected chi connectivity index (χ3v) is 5.82. The fraction of sp³-hybridized carbons (Fsp3) is 0.421. The van der Waals surface area contributed by atoms with E-state index in [1.54, 1.807) is 18.4 Å². The van der Waals surface area contributed by atoms with Gasteiger partial charge in [-0.1, -0.05) is 12.1 Å². The van der Waals surface area contributed by atoms with Crippen molar-refractivity contribution in [2.75, 3.05) is 20.2 Å². The van der Waals surface area contributed by atoms with Crippen LogP contribution in [0, 0.1) is 12.8 Å². The maximum Gasteiger partial charge on any atom is 0.264 e. The molecule has 6 heteroatoms. The molecular weight excluding hydrogens is 356 g/mol. The number of aryl methyl sites for hydroxylation is 1. The number of carbonyl (C=O) groups is 1. The Hall–Kier alpha value is -1.56. The van der Waals surface area contributed by atoms with Crippen molar-refractivity contribution in [2.24, 2.45) is 11.7 Å². The van der Waals surface area contributed by atoms with Gasteiger partial charge < -0.3 is 15.4 Å². The number of rotatable bonds is 4. The molecular formula is C19H25ClN2O2S. The summed E-state index contributed by atoms with van der Waals surface area (Å²) in [6.07, 6.45) is 0.998. The summed E-state index contributed by atoms with van der Waals surface area (Å²) in [5, 5.41) is 0. The van der Waals surface area contributed by atoms with Crippen LogP contribution in [0.1, 0.15) is 27.9 Å². The van der Waals surface area contributed by atoms with Crippen LogP contribution in [-0.2, 0) is 0 Å². The fourth-order valence-corrected chi connectivity index (χ4v) is 4.38. The molecule has 1 aromatic heterocycles. The summed E-state index contributed by atoms with van der Waals surface area (Å²) in [6.45, 7) is 5.59. The highest BCUT2D eigenvalue weighted by Crippen LogP contribution is 2.34. The summed E-state index contributed by atoms with van der Waals surface area (Å²) >= 11 is 1.57. The molecule has 25 heavy (non-hydrogen) atoms. The van der Waals surface area contributed by atoms with Crippen LogP contribution in [0.3, 0.4) is 0 Å². The first kappa shape index (κ1) is 19.8. The predicted octanol–water partition coefficient (Wildman–Crippen LogP) is 3.96. The number of halogens is 1. The quantitative estimate of drug-likeness (QED) is 0.873. The van der Waals surface area contributed by atoms with Gasteiger partial charge in [0.2, 0.25) is 0 Å². The Morgan fingerprint density at radius 2 is 2.04 bits per heavy atom. The number of ether oxygens (including phenoxy) is 1. The zero-order chi connectivity index (χ0) is 17.3. The van der Waals surface area contributed by atoms with E-state index in [-0.39, 0.29) is 24.4 Å². The summed E-state index contributed by atoms with van der Waals surface area (Å²) in [5.41, 5.74) is 8.01. The van der Waals surface area contributed by atoms with Crippen LogP contribution in [0.2, 0.25) is 0 Å². The van der Waals surface area contributed by atoms with Crippen molar-refractivity contribution in [3.63, 3.8) is 0 Å². The number of carbonyl (C=O) groups excluding carboxylic acids is 1. The van der Waals surface area contributed by atoms with Crippen molar-refractivity contribution < 1.29 is 9.53 Å². The maximum absolute atomic E-state index is 12.9. The Bertz CT molecular complexity index is 730. The van der Waals surface area contributed by atoms with E-state index in [1.807, 2.05) is 35.2 Å². The van der Waals surface area contributed by atoms with Gasteiger partial charge in [0, 0.05) is 17.5 Å². The molecule has 0 saturated carbocycles. The molecule has 4 nitrogen and oxygen atoms in total. The number of nitrogens with two attached hydrogens (primary N) is 1. The van der Waals surface area contributed by atoms with Gasteiger partial charge in [-0.3, -0.25) is 4.79 Å². The van der Waals surface area contributed by atoms with Crippen LogP contribution in [0.4, 0.5) is 0 Å². The van der Waals surface area contributed by atoms with Gasteiger partial charge in [0.25, 0.3) is 5.91 Å². The highest BCUT2D eigenvalue weighted by Gasteiger charge is 2.33. The number of nitrogens with zero attached hydrogens (tertiary/aromatic N) is 1. The monoisotopic (exact) mass is 380 g/mol. The average Bonchev–Trinajstić information content (AvgIpc) is 3.17. The van der Waals surface area contributed by atoms with Crippen molar-refractivity contribution in [1.82, 2.24) is 4.90 Å². The average molecular weight is 381 g/mol. The van der Waals surface area contributed by atoms with Crippen LogP contribution in [0.15, 0.2) is 30.3 Å². The Morgan fingerprint density at radius 3 is 2.60 bits per heavy atom. The summed E-state index contributed by atoms with van der Waals surface area (Å²) in [4.78, 5) is 16.8. The van der Waals surface area contributed by atoms with Crippen molar-refractivity contribution in [3.05, 3.63) is 40.1 Å². The van der Waals surface area contributed by atoms with E-state index in [0.29, 0.717) is 12.5 Å². The zero-order valence-corrected chi connectivity index (χ0v) is 16.5. The highest BCUT2D eigenvalue weighted by molar-refractivity contribution is 7.14. The molecule has 2 heterocycles. The van der Waals surface area contributed by atoms with Gasteiger partial charge in [-0.05, 0) is 62.1 Å². The number of hydrogen-bond donors (Lipinski definition) is 1. The minimum absolute atomic E-state index is 0. The van der Waals surface area contributed by atoms with Crippen LogP contribution >= 0.6 is 23.7 Å². The second-order valence-electron chi connectivity index (χ2n) is 6.45. The van der Waals surface area contributed by atoms with Crippen molar-refractivity contribution in [2.45, 2.75) is 26.3 Å². The number of likely N-dealkylation sites (tertiary alicyclic amines) is 1. The lowest BCUT2D eigenvalue weighted by Gasteiger charge is -2.20. The molecule has 2 aromatic rings. The van der Waals surface area contributed by atoms with Crippen LogP contribution < -0.4 is 10.5 Å². The number of benzene rings is 1. The lowest BCUT2D eigenvalue weighted by atomic mass is 10.1. The summed E-state index contributed by atoms with van der Waals surface area (Å²) in [6, 6.07) is 10.2. The van der Waals surface area contributed by atoms with E-state index >= 15 is 0 Å². The normalized spacial score (nSPS) is 19.6. The van der Waals surface area contributed by atoms with E-state index in [2.05, 4.69) is 13.8 Å². The SMILES string of the molecule is COc1ccc(-c2cc(C(=O)N3CC(CN)CC3C)sc2C)cc1.Cl. The molecule has 3 rings (SSSR count). The van der Waals surface area contributed by atoms with Crippen molar-refractivity contribution >= 4 is 29.7 Å². The first-order chi connectivity index (χ1) is 11.5. The molecule has 1 fully saturated rings. The molecule has 0 spiro atoms. The van der Waals surface area contributed by atoms with E-state index in [0.717, 1.165) is 39.6 Å². The molecule has 1 saturated heterocycles. The molecule has 1 aliphatic heterocycles. The Balaban J connectivity index is 0.00000225. The lowest BCUT2D eigenvalue weighted by molar-refractivity contribution is 0.0748. The predicted molar refractivity (Wildman–Crippen MR) is 106 cm³/mol. The van der Waals surface area contributed by atoms with E-state index < -0.39 is 0 Å². The second-order valence-corrected chi connectivity index (χ2v) is 7.71. The molecule has 0 radical (unpaired) electrons. The molecule has 2 atom stereocenters. The lowest BCUT2D eigenvalue weighted by Crippen LogP contribution is -2.33. The number of hydrogen-bond acceptors (Lipinski definition) is 4. The van der Waals surface area contributed by atoms with Crippen LogP contribution in [0.25, 0.3) is 11.1 Å². The fourth-order valence-electron chi connectivity index (χ4n) is 3.38.